The number of nitrogens with zero attached hydrogens (tertiary/aromatic N) is 3. The Balaban J connectivity index is 1.54. The number of para-hydroxylation sites is 2. The van der Waals surface area contributed by atoms with E-state index < -0.39 is 0 Å². The summed E-state index contributed by atoms with van der Waals surface area (Å²) in [6.07, 6.45) is 0. The van der Waals surface area contributed by atoms with Crippen LogP contribution in [-0.2, 0) is 6.54 Å². The molecular weight excluding hydrogens is 413 g/mol. The number of hydrogen-bond donors (Lipinski definition) is 0. The van der Waals surface area contributed by atoms with Crippen LogP contribution in [0.25, 0.3) is 49.6 Å². The molecule has 0 spiro atoms. The standard InChI is InChI=1S/C30H22BN3/c31-21-14-16-28-25(18-21)23-11-5-7-13-27(23)34(28)29-17-15-24-22-10-4-6-12-26(22)33(30(24)32-29)19-20-8-2-1-3-9-20/h1-18H,19,31H2. The highest BCUT2D eigenvalue weighted by atomic mass is 15.1. The van der Waals surface area contributed by atoms with Crippen LogP contribution in [0.2, 0.25) is 0 Å². The van der Waals surface area contributed by atoms with Crippen molar-refractivity contribution in [2.75, 3.05) is 0 Å². The number of fused-ring (bicyclic) bond motifs is 6. The van der Waals surface area contributed by atoms with Crippen LogP contribution < -0.4 is 5.46 Å². The van der Waals surface area contributed by atoms with E-state index in [1.807, 2.05) is 0 Å². The summed E-state index contributed by atoms with van der Waals surface area (Å²) in [6, 6.07) is 38.9. The predicted octanol–water partition coefficient (Wildman–Crippen LogP) is 5.59. The fraction of sp³-hybridized carbons (Fsp3) is 0.0333. The van der Waals surface area contributed by atoms with Crippen LogP contribution in [0, 0.1) is 0 Å². The van der Waals surface area contributed by atoms with E-state index >= 15 is 0 Å². The monoisotopic (exact) mass is 435 g/mol. The maximum Gasteiger partial charge on any atom is 0.143 e. The lowest BCUT2D eigenvalue weighted by Gasteiger charge is -2.10. The van der Waals surface area contributed by atoms with E-state index in [0.29, 0.717) is 0 Å². The van der Waals surface area contributed by atoms with Gasteiger partial charge in [-0.05, 0) is 35.9 Å². The van der Waals surface area contributed by atoms with E-state index in [9.17, 15) is 0 Å². The van der Waals surface area contributed by atoms with Crippen molar-refractivity contribution in [1.82, 2.24) is 14.1 Å². The van der Waals surface area contributed by atoms with Gasteiger partial charge in [0.25, 0.3) is 0 Å². The summed E-state index contributed by atoms with van der Waals surface area (Å²) >= 11 is 0. The first-order valence-corrected chi connectivity index (χ1v) is 11.7. The van der Waals surface area contributed by atoms with E-state index in [2.05, 4.69) is 126 Å². The molecule has 160 valence electrons. The third-order valence-electron chi connectivity index (χ3n) is 6.84. The van der Waals surface area contributed by atoms with Crippen LogP contribution in [0.5, 0.6) is 0 Å². The summed E-state index contributed by atoms with van der Waals surface area (Å²) in [5, 5.41) is 4.95. The predicted molar refractivity (Wildman–Crippen MR) is 145 cm³/mol. The van der Waals surface area contributed by atoms with Gasteiger partial charge in [-0.2, -0.15) is 0 Å². The van der Waals surface area contributed by atoms with E-state index in [-0.39, 0.29) is 0 Å². The Kier molecular flexibility index (Phi) is 4.15. The van der Waals surface area contributed by atoms with Crippen LogP contribution in [0.3, 0.4) is 0 Å². The minimum atomic E-state index is 0.785. The third kappa shape index (κ3) is 2.82. The maximum atomic E-state index is 5.30. The van der Waals surface area contributed by atoms with E-state index in [1.165, 1.54) is 49.1 Å². The molecule has 0 saturated carbocycles. The SMILES string of the molecule is Bc1ccc2c(c1)c1ccccc1n2-c1ccc2c3ccccc3n(Cc3ccccc3)c2n1. The molecule has 0 atom stereocenters. The van der Waals surface area contributed by atoms with Crippen molar-refractivity contribution in [3.8, 4) is 5.82 Å². The van der Waals surface area contributed by atoms with Gasteiger partial charge < -0.3 is 4.57 Å². The lowest BCUT2D eigenvalue weighted by molar-refractivity contribution is 0.853. The number of rotatable bonds is 3. The normalized spacial score (nSPS) is 11.8. The molecule has 3 aromatic heterocycles. The summed E-state index contributed by atoms with van der Waals surface area (Å²) in [6.45, 7) is 0.785. The molecule has 4 heteroatoms. The smallest absolute Gasteiger partial charge is 0.143 e. The summed E-state index contributed by atoms with van der Waals surface area (Å²) in [7, 11) is 2.15. The van der Waals surface area contributed by atoms with Gasteiger partial charge in [0.2, 0.25) is 0 Å². The van der Waals surface area contributed by atoms with Crippen LogP contribution in [0.1, 0.15) is 5.56 Å². The second kappa shape index (κ2) is 7.36. The number of hydrogen-bond acceptors (Lipinski definition) is 1. The molecule has 4 aromatic carbocycles. The molecule has 0 saturated heterocycles. The zero-order valence-corrected chi connectivity index (χ0v) is 18.9. The summed E-state index contributed by atoms with van der Waals surface area (Å²) in [5.74, 6) is 0.944. The molecule has 7 aromatic rings. The van der Waals surface area contributed by atoms with Gasteiger partial charge in [-0.15, -0.1) is 0 Å². The number of aromatic nitrogens is 3. The fourth-order valence-electron chi connectivity index (χ4n) is 5.29. The van der Waals surface area contributed by atoms with Crippen molar-refractivity contribution in [3.05, 3.63) is 115 Å². The maximum absolute atomic E-state index is 5.30. The van der Waals surface area contributed by atoms with E-state index in [4.69, 9.17) is 4.98 Å². The second-order valence-electron chi connectivity index (χ2n) is 9.00. The van der Waals surface area contributed by atoms with Crippen molar-refractivity contribution < 1.29 is 0 Å². The lowest BCUT2D eigenvalue weighted by Crippen LogP contribution is -2.04. The van der Waals surface area contributed by atoms with Gasteiger partial charge in [0, 0.05) is 28.1 Å². The molecule has 3 nitrogen and oxygen atoms in total. The van der Waals surface area contributed by atoms with Crippen molar-refractivity contribution in [2.45, 2.75) is 6.54 Å². The molecule has 0 fully saturated rings. The van der Waals surface area contributed by atoms with Gasteiger partial charge in [0.05, 0.1) is 16.6 Å². The minimum Gasteiger partial charge on any atom is -0.321 e. The average molecular weight is 435 g/mol. The largest absolute Gasteiger partial charge is 0.321 e. The molecule has 7 rings (SSSR count). The molecule has 0 aliphatic carbocycles. The number of benzene rings is 4. The van der Waals surface area contributed by atoms with Crippen molar-refractivity contribution in [2.24, 2.45) is 0 Å². The van der Waals surface area contributed by atoms with Gasteiger partial charge in [-0.1, -0.05) is 84.3 Å². The second-order valence-corrected chi connectivity index (χ2v) is 9.00. The third-order valence-corrected chi connectivity index (χ3v) is 6.84. The van der Waals surface area contributed by atoms with Crippen LogP contribution >= 0.6 is 0 Å². The molecule has 0 radical (unpaired) electrons. The fourth-order valence-corrected chi connectivity index (χ4v) is 5.29. The molecule has 0 aliphatic rings. The zero-order chi connectivity index (χ0) is 22.6. The van der Waals surface area contributed by atoms with Crippen LogP contribution in [-0.4, -0.2) is 22.0 Å². The molecule has 0 aliphatic heterocycles. The Morgan fingerprint density at radius 2 is 1.26 bits per heavy atom. The average Bonchev–Trinajstić information content (AvgIpc) is 3.37. The quantitative estimate of drug-likeness (QED) is 0.332. The molecule has 0 unspecified atom stereocenters. The van der Waals surface area contributed by atoms with Gasteiger partial charge in [0.15, 0.2) is 0 Å². The zero-order valence-electron chi connectivity index (χ0n) is 18.9. The van der Waals surface area contributed by atoms with E-state index in [0.717, 1.165) is 18.0 Å². The van der Waals surface area contributed by atoms with Crippen LogP contribution in [0.15, 0.2) is 109 Å². The van der Waals surface area contributed by atoms with Gasteiger partial charge in [-0.3, -0.25) is 4.57 Å². The first-order chi connectivity index (χ1) is 16.8. The van der Waals surface area contributed by atoms with E-state index in [1.54, 1.807) is 0 Å². The van der Waals surface area contributed by atoms with Crippen molar-refractivity contribution in [3.63, 3.8) is 0 Å². The highest BCUT2D eigenvalue weighted by Crippen LogP contribution is 2.33. The number of pyridine rings is 1. The summed E-state index contributed by atoms with van der Waals surface area (Å²) in [5.41, 5.74) is 7.13. The highest BCUT2D eigenvalue weighted by molar-refractivity contribution is 6.34. The Morgan fingerprint density at radius 3 is 2.09 bits per heavy atom. The minimum absolute atomic E-state index is 0.785. The molecule has 0 bridgehead atoms. The van der Waals surface area contributed by atoms with Gasteiger partial charge >= 0.3 is 0 Å². The molecular formula is C30H22BN3. The Bertz CT molecular complexity index is 1840. The summed E-state index contributed by atoms with van der Waals surface area (Å²) < 4.78 is 4.65. The lowest BCUT2D eigenvalue weighted by atomic mass is 9.94. The molecule has 0 amide bonds. The highest BCUT2D eigenvalue weighted by Gasteiger charge is 2.16. The first-order valence-electron chi connectivity index (χ1n) is 11.7. The van der Waals surface area contributed by atoms with Crippen LogP contribution in [0.4, 0.5) is 0 Å². The molecule has 3 heterocycles. The summed E-state index contributed by atoms with van der Waals surface area (Å²) in [4.78, 5) is 5.30. The Hall–Kier alpha value is -4.31. The molecule has 0 N–H and O–H groups in total. The van der Waals surface area contributed by atoms with Gasteiger partial charge in [-0.25, -0.2) is 4.98 Å². The Labute approximate surface area is 198 Å². The van der Waals surface area contributed by atoms with Crippen molar-refractivity contribution >= 4 is 57.1 Å². The van der Waals surface area contributed by atoms with Gasteiger partial charge in [0.1, 0.15) is 19.3 Å². The topological polar surface area (TPSA) is 22.8 Å². The first kappa shape index (κ1) is 19.2. The molecule has 34 heavy (non-hydrogen) atoms. The van der Waals surface area contributed by atoms with Crippen molar-refractivity contribution in [1.29, 1.82) is 0 Å². The Morgan fingerprint density at radius 1 is 0.588 bits per heavy atom.